The van der Waals surface area contributed by atoms with E-state index in [0.29, 0.717) is 12.2 Å². The Labute approximate surface area is 193 Å². The van der Waals surface area contributed by atoms with Crippen LogP contribution in [0.15, 0.2) is 54.6 Å². The maximum atomic E-state index is 12.5. The van der Waals surface area contributed by atoms with Gasteiger partial charge in [-0.1, -0.05) is 102 Å². The molecule has 2 rings (SSSR count). The number of unbranched alkanes of at least 4 members (excludes halogenated alkanes) is 6. The van der Waals surface area contributed by atoms with Crippen LogP contribution in [0.3, 0.4) is 0 Å². The molecule has 0 radical (unpaired) electrons. The van der Waals surface area contributed by atoms with Crippen LogP contribution in [0.25, 0.3) is 0 Å². The molecule has 1 atom stereocenters. The Balaban J connectivity index is 1.89. The Kier molecular flexibility index (Phi) is 12.0. The third-order valence-electron chi connectivity index (χ3n) is 5.31. The summed E-state index contributed by atoms with van der Waals surface area (Å²) in [5.74, 6) is 0.754. The van der Waals surface area contributed by atoms with E-state index in [0.717, 1.165) is 37.9 Å². The second-order valence-corrected chi connectivity index (χ2v) is 8.49. The van der Waals surface area contributed by atoms with E-state index in [9.17, 15) is 4.79 Å². The van der Waals surface area contributed by atoms with Gasteiger partial charge in [-0.05, 0) is 37.0 Å². The van der Waals surface area contributed by atoms with E-state index >= 15 is 0 Å². The average Bonchev–Trinajstić information content (AvgIpc) is 2.79. The summed E-state index contributed by atoms with van der Waals surface area (Å²) in [5, 5.41) is 2.93. The maximum absolute atomic E-state index is 12.5. The van der Waals surface area contributed by atoms with Crippen LogP contribution in [0, 0.1) is 0 Å². The SMILES string of the molecule is CCCCCCCCN(S)C(=O)Nc1cccc(OC(CCCC)c2ccccc2)c1. The van der Waals surface area contributed by atoms with E-state index < -0.39 is 0 Å². The van der Waals surface area contributed by atoms with Crippen LogP contribution in [-0.2, 0) is 0 Å². The smallest absolute Gasteiger partial charge is 0.331 e. The number of hydrogen-bond donors (Lipinski definition) is 2. The fourth-order valence-corrected chi connectivity index (χ4v) is 3.69. The van der Waals surface area contributed by atoms with E-state index in [2.05, 4.69) is 44.1 Å². The summed E-state index contributed by atoms with van der Waals surface area (Å²) >= 11 is 4.36. The van der Waals surface area contributed by atoms with Crippen molar-refractivity contribution >= 4 is 24.5 Å². The van der Waals surface area contributed by atoms with Crippen LogP contribution in [0.1, 0.15) is 83.3 Å². The van der Waals surface area contributed by atoms with Gasteiger partial charge < -0.3 is 10.1 Å². The molecule has 2 amide bonds. The van der Waals surface area contributed by atoms with Crippen LogP contribution in [-0.4, -0.2) is 16.9 Å². The first-order valence-corrected chi connectivity index (χ1v) is 12.1. The molecule has 0 saturated carbocycles. The second kappa shape index (κ2) is 14.8. The van der Waals surface area contributed by atoms with Gasteiger partial charge in [-0.25, -0.2) is 4.79 Å². The Morgan fingerprint density at radius 2 is 1.65 bits per heavy atom. The monoisotopic (exact) mass is 442 g/mol. The van der Waals surface area contributed by atoms with Crippen molar-refractivity contribution in [3.63, 3.8) is 0 Å². The molecular formula is C26H38N2O2S. The van der Waals surface area contributed by atoms with Gasteiger partial charge in [0.1, 0.15) is 11.9 Å². The number of carbonyl (C=O) groups excluding carboxylic acids is 1. The molecule has 0 aromatic heterocycles. The molecule has 0 aliphatic rings. The number of hydrogen-bond acceptors (Lipinski definition) is 3. The van der Waals surface area contributed by atoms with Gasteiger partial charge in [0.25, 0.3) is 0 Å². The van der Waals surface area contributed by atoms with E-state index in [-0.39, 0.29) is 12.1 Å². The van der Waals surface area contributed by atoms with Crippen LogP contribution in [0.5, 0.6) is 5.75 Å². The van der Waals surface area contributed by atoms with Gasteiger partial charge >= 0.3 is 6.03 Å². The summed E-state index contributed by atoms with van der Waals surface area (Å²) in [4.78, 5) is 12.5. The van der Waals surface area contributed by atoms with Crippen molar-refractivity contribution in [2.24, 2.45) is 0 Å². The Morgan fingerprint density at radius 3 is 2.39 bits per heavy atom. The van der Waals surface area contributed by atoms with Gasteiger partial charge in [-0.3, -0.25) is 4.31 Å². The summed E-state index contributed by atoms with van der Waals surface area (Å²) in [7, 11) is 0. The Hall–Kier alpha value is -2.14. The topological polar surface area (TPSA) is 41.6 Å². The standard InChI is InChI=1S/C26H38N2O2S/c1-3-5-7-8-9-13-20-28(31)26(29)27-23-17-14-18-24(21-23)30-25(19-6-4-2)22-15-11-10-12-16-22/h10-12,14-18,21,25,31H,3-9,13,19-20H2,1-2H3,(H,27,29). The van der Waals surface area contributed by atoms with Crippen molar-refractivity contribution in [1.29, 1.82) is 0 Å². The van der Waals surface area contributed by atoms with Crippen molar-refractivity contribution in [2.75, 3.05) is 11.9 Å². The molecule has 4 nitrogen and oxygen atoms in total. The fraction of sp³-hybridized carbons (Fsp3) is 0.500. The van der Waals surface area contributed by atoms with Crippen LogP contribution >= 0.6 is 12.8 Å². The van der Waals surface area contributed by atoms with Crippen molar-refractivity contribution < 1.29 is 9.53 Å². The van der Waals surface area contributed by atoms with Crippen LogP contribution in [0.4, 0.5) is 10.5 Å². The highest BCUT2D eigenvalue weighted by Crippen LogP contribution is 2.28. The van der Waals surface area contributed by atoms with Crippen LogP contribution in [0.2, 0.25) is 0 Å². The summed E-state index contributed by atoms with van der Waals surface area (Å²) in [6, 6.07) is 17.7. The number of thiol groups is 1. The zero-order valence-corrected chi connectivity index (χ0v) is 19.9. The highest BCUT2D eigenvalue weighted by Gasteiger charge is 2.14. The minimum Gasteiger partial charge on any atom is -0.486 e. The number of nitrogens with one attached hydrogen (secondary N) is 1. The lowest BCUT2D eigenvalue weighted by Crippen LogP contribution is -2.28. The molecule has 0 bridgehead atoms. The highest BCUT2D eigenvalue weighted by atomic mass is 32.1. The minimum atomic E-state index is -0.209. The summed E-state index contributed by atoms with van der Waals surface area (Å²) in [6.07, 6.45) is 10.3. The van der Waals surface area contributed by atoms with E-state index in [1.807, 2.05) is 42.5 Å². The van der Waals surface area contributed by atoms with Crippen molar-refractivity contribution in [3.05, 3.63) is 60.2 Å². The summed E-state index contributed by atoms with van der Waals surface area (Å²) in [6.45, 7) is 5.05. The summed E-state index contributed by atoms with van der Waals surface area (Å²) < 4.78 is 7.77. The molecule has 31 heavy (non-hydrogen) atoms. The largest absolute Gasteiger partial charge is 0.486 e. The van der Waals surface area contributed by atoms with E-state index in [1.165, 1.54) is 35.6 Å². The number of ether oxygens (including phenoxy) is 1. The number of amides is 2. The quantitative estimate of drug-likeness (QED) is 0.230. The molecule has 0 saturated heterocycles. The lowest BCUT2D eigenvalue weighted by molar-refractivity contribution is 0.191. The molecule has 1 N–H and O–H groups in total. The van der Waals surface area contributed by atoms with Gasteiger partial charge in [0.2, 0.25) is 0 Å². The lowest BCUT2D eigenvalue weighted by Gasteiger charge is -2.20. The van der Waals surface area contributed by atoms with Gasteiger partial charge in [0.05, 0.1) is 0 Å². The van der Waals surface area contributed by atoms with Gasteiger partial charge in [0.15, 0.2) is 0 Å². The van der Waals surface area contributed by atoms with Crippen LogP contribution < -0.4 is 10.1 Å². The molecule has 2 aromatic rings. The number of nitrogens with zero attached hydrogens (tertiary/aromatic N) is 1. The first-order valence-electron chi connectivity index (χ1n) is 11.7. The molecule has 0 aliphatic heterocycles. The van der Waals surface area contributed by atoms with Gasteiger partial charge in [-0.2, -0.15) is 0 Å². The molecular weight excluding hydrogens is 404 g/mol. The molecule has 0 fully saturated rings. The molecule has 0 aliphatic carbocycles. The second-order valence-electron chi connectivity index (χ2n) is 8.01. The number of urea groups is 1. The number of rotatable bonds is 14. The molecule has 0 spiro atoms. The first kappa shape index (κ1) is 25.1. The molecule has 2 aromatic carbocycles. The predicted octanol–water partition coefficient (Wildman–Crippen LogP) is 8.04. The van der Waals surface area contributed by atoms with E-state index in [4.69, 9.17) is 4.74 Å². The summed E-state index contributed by atoms with van der Waals surface area (Å²) in [5.41, 5.74) is 1.89. The van der Waals surface area contributed by atoms with E-state index in [1.54, 1.807) is 0 Å². The van der Waals surface area contributed by atoms with Crippen molar-refractivity contribution in [2.45, 2.75) is 77.7 Å². The highest BCUT2D eigenvalue weighted by molar-refractivity contribution is 7.78. The predicted molar refractivity (Wildman–Crippen MR) is 134 cm³/mol. The first-order chi connectivity index (χ1) is 15.1. The van der Waals surface area contributed by atoms with Gasteiger partial charge in [0, 0.05) is 18.3 Å². The Morgan fingerprint density at radius 1 is 0.935 bits per heavy atom. The lowest BCUT2D eigenvalue weighted by atomic mass is 10.0. The maximum Gasteiger partial charge on any atom is 0.331 e. The van der Waals surface area contributed by atoms with Crippen molar-refractivity contribution in [3.8, 4) is 5.75 Å². The zero-order valence-electron chi connectivity index (χ0n) is 19.1. The number of benzene rings is 2. The fourth-order valence-electron chi connectivity index (χ4n) is 3.49. The third-order valence-corrected chi connectivity index (χ3v) is 5.69. The molecule has 170 valence electrons. The molecule has 0 heterocycles. The molecule has 5 heteroatoms. The number of anilines is 1. The zero-order chi connectivity index (χ0) is 22.3. The number of carbonyl (C=O) groups is 1. The van der Waals surface area contributed by atoms with Gasteiger partial charge in [-0.15, -0.1) is 0 Å². The normalized spacial score (nSPS) is 11.7. The van der Waals surface area contributed by atoms with Crippen molar-refractivity contribution in [1.82, 2.24) is 4.31 Å². The minimum absolute atomic E-state index is 0.00110. The molecule has 1 unspecified atom stereocenters. The Bertz CT molecular complexity index is 754. The average molecular weight is 443 g/mol. The third kappa shape index (κ3) is 9.69.